The lowest BCUT2D eigenvalue weighted by Gasteiger charge is -2.15. The SMILES string of the molecule is COc1ccc(NC(=O)[C@H](C)OC(=O)c2cc([N+](=O)[O-])ccc2NCCO)cc1. The van der Waals surface area contributed by atoms with Crippen molar-refractivity contribution in [2.75, 3.05) is 30.9 Å². The number of benzene rings is 2. The normalized spacial score (nSPS) is 11.3. The molecule has 10 nitrogen and oxygen atoms in total. The van der Waals surface area contributed by atoms with Crippen molar-refractivity contribution in [3.63, 3.8) is 0 Å². The third kappa shape index (κ3) is 5.91. The number of aliphatic hydroxyl groups excluding tert-OH is 1. The summed E-state index contributed by atoms with van der Waals surface area (Å²) in [6.07, 6.45) is -1.16. The maximum Gasteiger partial charge on any atom is 0.341 e. The number of esters is 1. The predicted octanol–water partition coefficient (Wildman–Crippen LogP) is 2.19. The fourth-order valence-corrected chi connectivity index (χ4v) is 2.36. The number of nitro benzene ring substituents is 1. The molecule has 154 valence electrons. The number of rotatable bonds is 9. The molecule has 0 bridgehead atoms. The number of nitrogens with zero attached hydrogens (tertiary/aromatic N) is 1. The lowest BCUT2D eigenvalue weighted by Crippen LogP contribution is -2.30. The lowest BCUT2D eigenvalue weighted by atomic mass is 10.1. The highest BCUT2D eigenvalue weighted by atomic mass is 16.6. The number of nitro groups is 1. The highest BCUT2D eigenvalue weighted by molar-refractivity contribution is 6.00. The summed E-state index contributed by atoms with van der Waals surface area (Å²) in [5.41, 5.74) is 0.315. The standard InChI is InChI=1S/C19H21N3O7/c1-12(18(24)21-13-3-6-15(28-2)7-4-13)29-19(25)16-11-14(22(26)27)5-8-17(16)20-9-10-23/h3-8,11-12,20,23H,9-10H2,1-2H3,(H,21,24)/t12-/m0/s1. The predicted molar refractivity (Wildman–Crippen MR) is 105 cm³/mol. The number of carbonyl (C=O) groups is 2. The molecule has 0 aliphatic rings. The minimum Gasteiger partial charge on any atom is -0.497 e. The van der Waals surface area contributed by atoms with Crippen LogP contribution in [0.15, 0.2) is 42.5 Å². The van der Waals surface area contributed by atoms with Crippen LogP contribution in [0.5, 0.6) is 5.75 Å². The number of anilines is 2. The van der Waals surface area contributed by atoms with Gasteiger partial charge in [-0.25, -0.2) is 4.79 Å². The highest BCUT2D eigenvalue weighted by Gasteiger charge is 2.23. The average molecular weight is 403 g/mol. The first-order valence-corrected chi connectivity index (χ1v) is 8.64. The van der Waals surface area contributed by atoms with E-state index in [1.807, 2.05) is 0 Å². The van der Waals surface area contributed by atoms with Crippen LogP contribution in [0.1, 0.15) is 17.3 Å². The van der Waals surface area contributed by atoms with Gasteiger partial charge in [0.25, 0.3) is 11.6 Å². The fourth-order valence-electron chi connectivity index (χ4n) is 2.36. The smallest absolute Gasteiger partial charge is 0.341 e. The molecule has 0 aromatic heterocycles. The zero-order valence-electron chi connectivity index (χ0n) is 15.9. The van der Waals surface area contributed by atoms with Gasteiger partial charge in [-0.15, -0.1) is 0 Å². The summed E-state index contributed by atoms with van der Waals surface area (Å²) in [6, 6.07) is 10.2. The summed E-state index contributed by atoms with van der Waals surface area (Å²) in [5.74, 6) is -0.860. The van der Waals surface area contributed by atoms with Gasteiger partial charge in [-0.2, -0.15) is 0 Å². The van der Waals surface area contributed by atoms with Gasteiger partial charge in [0.1, 0.15) is 5.75 Å². The minimum absolute atomic E-state index is 0.114. The second-order valence-electron chi connectivity index (χ2n) is 5.90. The number of non-ortho nitro benzene ring substituents is 1. The van der Waals surface area contributed by atoms with Crippen LogP contribution in [0, 0.1) is 10.1 Å². The van der Waals surface area contributed by atoms with Gasteiger partial charge in [0.05, 0.1) is 24.2 Å². The Morgan fingerprint density at radius 3 is 2.48 bits per heavy atom. The first kappa shape index (κ1) is 21.6. The van der Waals surface area contributed by atoms with Crippen molar-refractivity contribution in [1.82, 2.24) is 0 Å². The number of amides is 1. The first-order chi connectivity index (χ1) is 13.8. The Bertz CT molecular complexity index is 884. The van der Waals surface area contributed by atoms with Crippen LogP contribution in [0.4, 0.5) is 17.1 Å². The quantitative estimate of drug-likeness (QED) is 0.329. The second kappa shape index (κ2) is 10.0. The molecule has 0 heterocycles. The van der Waals surface area contributed by atoms with Crippen LogP contribution in [0.2, 0.25) is 0 Å². The monoisotopic (exact) mass is 403 g/mol. The van der Waals surface area contributed by atoms with Crippen LogP contribution in [-0.2, 0) is 9.53 Å². The minimum atomic E-state index is -1.16. The number of hydrogen-bond acceptors (Lipinski definition) is 8. The molecule has 1 atom stereocenters. The lowest BCUT2D eigenvalue weighted by molar-refractivity contribution is -0.384. The molecule has 2 aromatic carbocycles. The van der Waals surface area contributed by atoms with E-state index in [-0.39, 0.29) is 30.1 Å². The van der Waals surface area contributed by atoms with Crippen molar-refractivity contribution in [3.05, 3.63) is 58.1 Å². The topological polar surface area (TPSA) is 140 Å². The number of aliphatic hydroxyl groups is 1. The van der Waals surface area contributed by atoms with Gasteiger partial charge >= 0.3 is 5.97 Å². The zero-order chi connectivity index (χ0) is 21.4. The van der Waals surface area contributed by atoms with Crippen LogP contribution in [-0.4, -0.2) is 48.3 Å². The van der Waals surface area contributed by atoms with Crippen molar-refractivity contribution in [2.45, 2.75) is 13.0 Å². The number of nitrogens with one attached hydrogen (secondary N) is 2. The Balaban J connectivity index is 2.11. The summed E-state index contributed by atoms with van der Waals surface area (Å²) in [4.78, 5) is 35.2. The molecule has 0 saturated carbocycles. The largest absolute Gasteiger partial charge is 0.497 e. The van der Waals surface area contributed by atoms with Crippen LogP contribution < -0.4 is 15.4 Å². The Morgan fingerprint density at radius 1 is 1.21 bits per heavy atom. The Labute approximate surface area is 166 Å². The van der Waals surface area contributed by atoms with E-state index in [9.17, 15) is 19.7 Å². The van der Waals surface area contributed by atoms with Crippen molar-refractivity contribution < 1.29 is 29.1 Å². The Kier molecular flexibility index (Phi) is 7.49. The Hall–Kier alpha value is -3.66. The maximum atomic E-state index is 12.5. The summed E-state index contributed by atoms with van der Waals surface area (Å²) >= 11 is 0. The summed E-state index contributed by atoms with van der Waals surface area (Å²) in [7, 11) is 1.52. The molecule has 0 unspecified atom stereocenters. The summed E-state index contributed by atoms with van der Waals surface area (Å²) < 4.78 is 10.2. The van der Waals surface area contributed by atoms with Gasteiger partial charge in [-0.05, 0) is 37.3 Å². The number of carbonyl (C=O) groups excluding carboxylic acids is 2. The maximum absolute atomic E-state index is 12.5. The molecule has 2 rings (SSSR count). The number of ether oxygens (including phenoxy) is 2. The van der Waals surface area contributed by atoms with E-state index in [1.54, 1.807) is 24.3 Å². The molecule has 0 radical (unpaired) electrons. The molecule has 2 aromatic rings. The van der Waals surface area contributed by atoms with E-state index in [4.69, 9.17) is 14.6 Å². The van der Waals surface area contributed by atoms with Gasteiger partial charge in [0, 0.05) is 30.1 Å². The molecular weight excluding hydrogens is 382 g/mol. The van der Waals surface area contributed by atoms with E-state index < -0.39 is 22.9 Å². The van der Waals surface area contributed by atoms with Crippen LogP contribution in [0.25, 0.3) is 0 Å². The van der Waals surface area contributed by atoms with E-state index in [0.29, 0.717) is 11.4 Å². The molecule has 0 spiro atoms. The van der Waals surface area contributed by atoms with Crippen molar-refractivity contribution in [2.24, 2.45) is 0 Å². The third-order valence-electron chi connectivity index (χ3n) is 3.87. The van der Waals surface area contributed by atoms with Crippen molar-refractivity contribution >= 4 is 28.9 Å². The highest BCUT2D eigenvalue weighted by Crippen LogP contribution is 2.23. The summed E-state index contributed by atoms with van der Waals surface area (Å²) in [5, 5.41) is 25.3. The molecule has 29 heavy (non-hydrogen) atoms. The van der Waals surface area contributed by atoms with Crippen molar-refractivity contribution in [1.29, 1.82) is 0 Å². The number of hydrogen-bond donors (Lipinski definition) is 3. The number of methoxy groups -OCH3 is 1. The van der Waals surface area contributed by atoms with E-state index in [0.717, 1.165) is 6.07 Å². The molecule has 0 aliphatic heterocycles. The van der Waals surface area contributed by atoms with Gasteiger partial charge in [0.2, 0.25) is 0 Å². The van der Waals surface area contributed by atoms with Gasteiger partial charge in [-0.3, -0.25) is 14.9 Å². The van der Waals surface area contributed by atoms with E-state index in [2.05, 4.69) is 10.6 Å². The fraction of sp³-hybridized carbons (Fsp3) is 0.263. The van der Waals surface area contributed by atoms with Gasteiger partial charge in [0.15, 0.2) is 6.10 Å². The molecule has 3 N–H and O–H groups in total. The third-order valence-corrected chi connectivity index (χ3v) is 3.87. The van der Waals surface area contributed by atoms with Gasteiger partial charge in [-0.1, -0.05) is 0 Å². The molecular formula is C19H21N3O7. The summed E-state index contributed by atoms with van der Waals surface area (Å²) in [6.45, 7) is 1.31. The van der Waals surface area contributed by atoms with Gasteiger partial charge < -0.3 is 25.2 Å². The second-order valence-corrected chi connectivity index (χ2v) is 5.90. The van der Waals surface area contributed by atoms with Crippen LogP contribution in [0.3, 0.4) is 0 Å². The van der Waals surface area contributed by atoms with Crippen molar-refractivity contribution in [3.8, 4) is 5.75 Å². The zero-order valence-corrected chi connectivity index (χ0v) is 15.9. The average Bonchev–Trinajstić information content (AvgIpc) is 2.72. The molecule has 0 saturated heterocycles. The molecule has 10 heteroatoms. The van der Waals surface area contributed by atoms with Crippen LogP contribution >= 0.6 is 0 Å². The van der Waals surface area contributed by atoms with E-state index in [1.165, 1.54) is 26.2 Å². The first-order valence-electron chi connectivity index (χ1n) is 8.64. The molecule has 0 aliphatic carbocycles. The molecule has 0 fully saturated rings. The molecule has 1 amide bonds. The Morgan fingerprint density at radius 2 is 1.90 bits per heavy atom. The van der Waals surface area contributed by atoms with E-state index >= 15 is 0 Å².